The Hall–Kier alpha value is -1.58. The molecule has 20 heavy (non-hydrogen) atoms. The first-order valence-electron chi connectivity index (χ1n) is 7.62. The van der Waals surface area contributed by atoms with Crippen LogP contribution in [-0.2, 0) is 0 Å². The molecule has 4 heteroatoms. The van der Waals surface area contributed by atoms with Gasteiger partial charge in [-0.15, -0.1) is 0 Å². The summed E-state index contributed by atoms with van der Waals surface area (Å²) in [6.45, 7) is 3.08. The molecule has 1 saturated carbocycles. The van der Waals surface area contributed by atoms with Crippen molar-refractivity contribution in [2.45, 2.75) is 39.0 Å². The summed E-state index contributed by atoms with van der Waals surface area (Å²) >= 11 is 0. The maximum atomic E-state index is 12.0. The minimum atomic E-state index is -0.0778. The number of carbonyl (C=O) groups excluding carboxylic acids is 1. The molecule has 0 spiro atoms. The summed E-state index contributed by atoms with van der Waals surface area (Å²) in [6.07, 6.45) is 6.41. The summed E-state index contributed by atoms with van der Waals surface area (Å²) in [7, 11) is 1.80. The fraction of sp³-hybridized carbons (Fsp3) is 0.625. The van der Waals surface area contributed by atoms with Crippen molar-refractivity contribution >= 4 is 11.7 Å². The van der Waals surface area contributed by atoms with Gasteiger partial charge in [0, 0.05) is 13.6 Å². The molecule has 0 bridgehead atoms. The Kier molecular flexibility index (Phi) is 5.39. The predicted molar refractivity (Wildman–Crippen MR) is 81.9 cm³/mol. The number of nitrogens with zero attached hydrogens (tertiary/aromatic N) is 1. The van der Waals surface area contributed by atoms with Crippen LogP contribution in [0.5, 0.6) is 0 Å². The van der Waals surface area contributed by atoms with Crippen molar-refractivity contribution in [3.05, 3.63) is 23.9 Å². The van der Waals surface area contributed by atoms with Gasteiger partial charge >= 0.3 is 0 Å². The van der Waals surface area contributed by atoms with Crippen molar-refractivity contribution in [2.24, 2.45) is 11.8 Å². The Labute approximate surface area is 121 Å². The molecule has 1 aromatic rings. The molecule has 1 fully saturated rings. The van der Waals surface area contributed by atoms with Gasteiger partial charge in [0.05, 0.1) is 0 Å². The highest BCUT2D eigenvalue weighted by atomic mass is 16.1. The van der Waals surface area contributed by atoms with Crippen LogP contribution in [0.3, 0.4) is 0 Å². The van der Waals surface area contributed by atoms with Gasteiger partial charge in [-0.2, -0.15) is 0 Å². The van der Waals surface area contributed by atoms with Crippen LogP contribution in [-0.4, -0.2) is 24.5 Å². The fourth-order valence-electron chi connectivity index (χ4n) is 3.00. The van der Waals surface area contributed by atoms with E-state index in [0.29, 0.717) is 5.69 Å². The highest BCUT2D eigenvalue weighted by Gasteiger charge is 2.18. The van der Waals surface area contributed by atoms with E-state index in [1.807, 2.05) is 12.1 Å². The molecule has 2 rings (SSSR count). The summed E-state index contributed by atoms with van der Waals surface area (Å²) < 4.78 is 0. The molecule has 1 aromatic heterocycles. The molecule has 2 N–H and O–H groups in total. The van der Waals surface area contributed by atoms with Gasteiger partial charge in [-0.3, -0.25) is 4.79 Å². The lowest BCUT2D eigenvalue weighted by atomic mass is 9.81. The topological polar surface area (TPSA) is 54.0 Å². The van der Waals surface area contributed by atoms with Gasteiger partial charge in [-0.05, 0) is 36.8 Å². The quantitative estimate of drug-likeness (QED) is 0.868. The van der Waals surface area contributed by atoms with E-state index in [0.717, 1.165) is 30.6 Å². The van der Waals surface area contributed by atoms with Crippen LogP contribution < -0.4 is 10.6 Å². The van der Waals surface area contributed by atoms with Crippen molar-refractivity contribution in [3.8, 4) is 0 Å². The molecule has 0 saturated heterocycles. The molecule has 1 aliphatic rings. The van der Waals surface area contributed by atoms with Crippen molar-refractivity contribution in [3.63, 3.8) is 0 Å². The molecule has 4 nitrogen and oxygen atoms in total. The van der Waals surface area contributed by atoms with Crippen LogP contribution in [0.4, 0.5) is 5.82 Å². The Morgan fingerprint density at radius 1 is 1.40 bits per heavy atom. The molecular weight excluding hydrogens is 250 g/mol. The third kappa shape index (κ3) is 4.22. The van der Waals surface area contributed by atoms with E-state index in [1.54, 1.807) is 13.1 Å². The van der Waals surface area contributed by atoms with Gasteiger partial charge in [0.15, 0.2) is 0 Å². The van der Waals surface area contributed by atoms with E-state index in [4.69, 9.17) is 0 Å². The van der Waals surface area contributed by atoms with E-state index in [9.17, 15) is 4.79 Å². The highest BCUT2D eigenvalue weighted by Crippen LogP contribution is 2.30. The van der Waals surface area contributed by atoms with E-state index in [1.165, 1.54) is 25.7 Å². The predicted octanol–water partition coefficient (Wildman–Crippen LogP) is 3.07. The summed E-state index contributed by atoms with van der Waals surface area (Å²) in [5.41, 5.74) is 0.480. The van der Waals surface area contributed by atoms with Gasteiger partial charge in [-0.25, -0.2) is 4.98 Å². The lowest BCUT2D eigenvalue weighted by molar-refractivity contribution is 0.0945. The number of nitrogens with one attached hydrogen (secondary N) is 2. The van der Waals surface area contributed by atoms with Crippen molar-refractivity contribution in [1.82, 2.24) is 10.3 Å². The second-order valence-electron chi connectivity index (χ2n) is 5.84. The van der Waals surface area contributed by atoms with E-state index >= 15 is 0 Å². The molecule has 0 aromatic carbocycles. The number of amides is 1. The Morgan fingerprint density at radius 3 is 3.00 bits per heavy atom. The SMILES string of the molecule is CNc1cccc(C(=O)NCCC2CCCC(C)C2)n1. The molecule has 1 amide bonds. The van der Waals surface area contributed by atoms with Crippen LogP contribution in [0, 0.1) is 11.8 Å². The van der Waals surface area contributed by atoms with E-state index < -0.39 is 0 Å². The smallest absolute Gasteiger partial charge is 0.269 e. The molecule has 1 heterocycles. The van der Waals surface area contributed by atoms with Crippen LogP contribution in [0.1, 0.15) is 49.5 Å². The first-order valence-corrected chi connectivity index (χ1v) is 7.62. The molecule has 0 aliphatic heterocycles. The zero-order valence-corrected chi connectivity index (χ0v) is 12.5. The summed E-state index contributed by atoms with van der Waals surface area (Å²) in [4.78, 5) is 16.3. The first kappa shape index (κ1) is 14.8. The molecular formula is C16H25N3O. The molecule has 1 aliphatic carbocycles. The van der Waals surface area contributed by atoms with Gasteiger partial charge in [0.1, 0.15) is 11.5 Å². The number of anilines is 1. The van der Waals surface area contributed by atoms with Crippen molar-refractivity contribution in [1.29, 1.82) is 0 Å². The maximum absolute atomic E-state index is 12.0. The van der Waals surface area contributed by atoms with Crippen LogP contribution in [0.25, 0.3) is 0 Å². The van der Waals surface area contributed by atoms with Crippen LogP contribution in [0.2, 0.25) is 0 Å². The van der Waals surface area contributed by atoms with E-state index in [2.05, 4.69) is 22.5 Å². The molecule has 2 unspecified atom stereocenters. The Balaban J connectivity index is 1.77. The Bertz CT molecular complexity index is 447. The monoisotopic (exact) mass is 275 g/mol. The van der Waals surface area contributed by atoms with Gasteiger partial charge in [0.25, 0.3) is 5.91 Å². The van der Waals surface area contributed by atoms with Crippen LogP contribution >= 0.6 is 0 Å². The molecule has 110 valence electrons. The highest BCUT2D eigenvalue weighted by molar-refractivity contribution is 5.92. The largest absolute Gasteiger partial charge is 0.373 e. The fourth-order valence-corrected chi connectivity index (χ4v) is 3.00. The average molecular weight is 275 g/mol. The summed E-state index contributed by atoms with van der Waals surface area (Å²) in [6, 6.07) is 5.44. The number of carbonyl (C=O) groups is 1. The number of hydrogen-bond donors (Lipinski definition) is 2. The number of hydrogen-bond acceptors (Lipinski definition) is 3. The number of aromatic nitrogens is 1. The first-order chi connectivity index (χ1) is 9.69. The zero-order valence-electron chi connectivity index (χ0n) is 12.5. The van der Waals surface area contributed by atoms with Crippen LogP contribution in [0.15, 0.2) is 18.2 Å². The van der Waals surface area contributed by atoms with E-state index in [-0.39, 0.29) is 5.91 Å². The lowest BCUT2D eigenvalue weighted by Crippen LogP contribution is -2.27. The molecule has 0 radical (unpaired) electrons. The number of pyridine rings is 1. The maximum Gasteiger partial charge on any atom is 0.269 e. The molecule has 2 atom stereocenters. The third-order valence-electron chi connectivity index (χ3n) is 4.12. The normalized spacial score (nSPS) is 22.3. The zero-order chi connectivity index (χ0) is 14.4. The van der Waals surface area contributed by atoms with Crippen molar-refractivity contribution < 1.29 is 4.79 Å². The van der Waals surface area contributed by atoms with Crippen molar-refractivity contribution in [2.75, 3.05) is 18.9 Å². The Morgan fingerprint density at radius 2 is 2.25 bits per heavy atom. The van der Waals surface area contributed by atoms with Gasteiger partial charge in [0.2, 0.25) is 0 Å². The lowest BCUT2D eigenvalue weighted by Gasteiger charge is -2.26. The third-order valence-corrected chi connectivity index (χ3v) is 4.12. The van der Waals surface area contributed by atoms with Gasteiger partial charge in [-0.1, -0.05) is 32.3 Å². The summed E-state index contributed by atoms with van der Waals surface area (Å²) in [5.74, 6) is 2.26. The standard InChI is InChI=1S/C16H25N3O/c1-12-5-3-6-13(11-12)9-10-18-16(20)14-7-4-8-15(17-2)19-14/h4,7-8,12-13H,3,5-6,9-11H2,1-2H3,(H,17,19)(H,18,20). The second kappa shape index (κ2) is 7.27. The second-order valence-corrected chi connectivity index (χ2v) is 5.84. The number of rotatable bonds is 5. The minimum Gasteiger partial charge on any atom is -0.373 e. The minimum absolute atomic E-state index is 0.0778. The average Bonchev–Trinajstić information content (AvgIpc) is 2.47. The summed E-state index contributed by atoms with van der Waals surface area (Å²) in [5, 5.41) is 5.93. The van der Waals surface area contributed by atoms with Gasteiger partial charge < -0.3 is 10.6 Å².